The lowest BCUT2D eigenvalue weighted by Gasteiger charge is -2.16. The highest BCUT2D eigenvalue weighted by molar-refractivity contribution is 5.77. The van der Waals surface area contributed by atoms with Crippen molar-refractivity contribution in [2.45, 2.75) is 13.0 Å². The summed E-state index contributed by atoms with van der Waals surface area (Å²) in [5.41, 5.74) is 8.63. The lowest BCUT2D eigenvalue weighted by molar-refractivity contribution is 0.621. The molecule has 0 saturated heterocycles. The molecule has 2 heterocycles. The molecule has 3 aromatic rings. The summed E-state index contributed by atoms with van der Waals surface area (Å²) in [6, 6.07) is 8.26. The summed E-state index contributed by atoms with van der Waals surface area (Å²) in [6.07, 6.45) is 3.39. The normalized spacial score (nSPS) is 12.7. The average Bonchev–Trinajstić information content (AvgIpc) is 2.74. The fourth-order valence-corrected chi connectivity index (χ4v) is 2.27. The minimum absolute atomic E-state index is 0.0204. The first-order valence-corrected chi connectivity index (χ1v) is 5.99. The maximum absolute atomic E-state index is 13.0. The number of pyridine rings is 1. The van der Waals surface area contributed by atoms with Gasteiger partial charge < -0.3 is 10.3 Å². The summed E-state index contributed by atoms with van der Waals surface area (Å²) in [7, 11) is 0. The molecule has 0 bridgehead atoms. The lowest BCUT2D eigenvalue weighted by atomic mass is 10.1. The number of nitrogens with two attached hydrogens (primary N) is 1. The Balaban J connectivity index is 2.13. The summed E-state index contributed by atoms with van der Waals surface area (Å²) >= 11 is 0. The Bertz CT molecular complexity index is 718. The molecule has 0 spiro atoms. The molecule has 0 radical (unpaired) electrons. The zero-order valence-electron chi connectivity index (χ0n) is 10.4. The van der Waals surface area contributed by atoms with Gasteiger partial charge in [0.1, 0.15) is 11.3 Å². The van der Waals surface area contributed by atoms with Crippen molar-refractivity contribution in [3.8, 4) is 0 Å². The van der Waals surface area contributed by atoms with Crippen LogP contribution in [0.25, 0.3) is 11.0 Å². The van der Waals surface area contributed by atoms with Gasteiger partial charge in [-0.25, -0.2) is 9.37 Å². The Morgan fingerprint density at radius 3 is 2.68 bits per heavy atom. The van der Waals surface area contributed by atoms with Gasteiger partial charge in [-0.1, -0.05) is 12.1 Å². The number of nitrogen functional groups attached to an aromatic ring is 1. The van der Waals surface area contributed by atoms with E-state index in [9.17, 15) is 4.39 Å². The monoisotopic (exact) mass is 256 g/mol. The predicted octanol–water partition coefficient (Wildman–Crippen LogP) is 2.76. The number of halogens is 1. The second-order valence-corrected chi connectivity index (χ2v) is 4.43. The average molecular weight is 256 g/mol. The molecule has 4 nitrogen and oxygen atoms in total. The van der Waals surface area contributed by atoms with Crippen LogP contribution >= 0.6 is 0 Å². The molecule has 3 rings (SSSR count). The third kappa shape index (κ3) is 1.93. The highest BCUT2D eigenvalue weighted by atomic mass is 19.1. The van der Waals surface area contributed by atoms with Crippen LogP contribution in [0.15, 0.2) is 42.7 Å². The van der Waals surface area contributed by atoms with Crippen molar-refractivity contribution in [3.05, 3.63) is 54.1 Å². The Kier molecular flexibility index (Phi) is 2.67. The van der Waals surface area contributed by atoms with Crippen LogP contribution in [0.1, 0.15) is 18.5 Å². The molecule has 1 unspecified atom stereocenters. The van der Waals surface area contributed by atoms with Gasteiger partial charge >= 0.3 is 0 Å². The standard InChI is InChI=1S/C14H13FN4/c1-9(10-2-4-11(15)5-3-10)19-13-6-7-17-8-12(13)18-14(19)16/h2-9H,1H3,(H2,16,18). The van der Waals surface area contributed by atoms with Gasteiger partial charge in [-0.05, 0) is 30.7 Å². The summed E-state index contributed by atoms with van der Waals surface area (Å²) in [5, 5.41) is 0. The van der Waals surface area contributed by atoms with E-state index in [0.29, 0.717) is 5.95 Å². The number of hydrogen-bond acceptors (Lipinski definition) is 3. The Morgan fingerprint density at radius 2 is 1.95 bits per heavy atom. The largest absolute Gasteiger partial charge is 0.369 e. The third-order valence-corrected chi connectivity index (χ3v) is 3.26. The third-order valence-electron chi connectivity index (χ3n) is 3.26. The van der Waals surface area contributed by atoms with Crippen molar-refractivity contribution >= 4 is 17.0 Å². The van der Waals surface area contributed by atoms with Gasteiger partial charge in [-0.3, -0.25) is 4.98 Å². The summed E-state index contributed by atoms with van der Waals surface area (Å²) < 4.78 is 14.9. The van der Waals surface area contributed by atoms with E-state index in [1.54, 1.807) is 24.5 Å². The molecule has 0 fully saturated rings. The van der Waals surface area contributed by atoms with Crippen molar-refractivity contribution in [2.24, 2.45) is 0 Å². The molecule has 1 atom stereocenters. The Hall–Kier alpha value is -2.43. The van der Waals surface area contributed by atoms with Crippen molar-refractivity contribution in [2.75, 3.05) is 5.73 Å². The number of hydrogen-bond donors (Lipinski definition) is 1. The molecule has 2 aromatic heterocycles. The molecule has 0 amide bonds. The number of nitrogens with zero attached hydrogens (tertiary/aromatic N) is 3. The van der Waals surface area contributed by atoms with Crippen molar-refractivity contribution in [3.63, 3.8) is 0 Å². The minimum Gasteiger partial charge on any atom is -0.369 e. The van der Waals surface area contributed by atoms with Gasteiger partial charge in [0.2, 0.25) is 5.95 Å². The number of anilines is 1. The maximum atomic E-state index is 13.0. The SMILES string of the molecule is CC(c1ccc(F)cc1)n1c(N)nc2cnccc21. The minimum atomic E-state index is -0.247. The van der Waals surface area contributed by atoms with Gasteiger partial charge in [0, 0.05) is 6.20 Å². The summed E-state index contributed by atoms with van der Waals surface area (Å²) in [6.45, 7) is 2.01. The van der Waals surface area contributed by atoms with Crippen LogP contribution in [0.5, 0.6) is 0 Å². The van der Waals surface area contributed by atoms with Gasteiger partial charge in [0.05, 0.1) is 17.8 Å². The Morgan fingerprint density at radius 1 is 1.21 bits per heavy atom. The van der Waals surface area contributed by atoms with Crippen LogP contribution < -0.4 is 5.73 Å². The first-order chi connectivity index (χ1) is 9.16. The number of benzene rings is 1. The van der Waals surface area contributed by atoms with Gasteiger partial charge in [-0.2, -0.15) is 0 Å². The second-order valence-electron chi connectivity index (χ2n) is 4.43. The lowest BCUT2D eigenvalue weighted by Crippen LogP contribution is -2.10. The fraction of sp³-hybridized carbons (Fsp3) is 0.143. The summed E-state index contributed by atoms with van der Waals surface area (Å²) in [4.78, 5) is 8.31. The van der Waals surface area contributed by atoms with Gasteiger partial charge in [0.25, 0.3) is 0 Å². The van der Waals surface area contributed by atoms with E-state index in [-0.39, 0.29) is 11.9 Å². The number of aromatic nitrogens is 3. The fourth-order valence-electron chi connectivity index (χ4n) is 2.27. The van der Waals surface area contributed by atoms with Gasteiger partial charge in [0.15, 0.2) is 0 Å². The zero-order valence-corrected chi connectivity index (χ0v) is 10.4. The van der Waals surface area contributed by atoms with Gasteiger partial charge in [-0.15, -0.1) is 0 Å². The van der Waals surface area contributed by atoms with E-state index in [4.69, 9.17) is 5.73 Å². The molecular weight excluding hydrogens is 243 g/mol. The molecule has 0 aliphatic heterocycles. The van der Waals surface area contributed by atoms with Crippen LogP contribution in [-0.2, 0) is 0 Å². The van der Waals surface area contributed by atoms with Crippen LogP contribution in [-0.4, -0.2) is 14.5 Å². The Labute approximate surface area is 109 Å². The van der Waals surface area contributed by atoms with Crippen molar-refractivity contribution in [1.29, 1.82) is 0 Å². The van der Waals surface area contributed by atoms with E-state index in [2.05, 4.69) is 9.97 Å². The van der Waals surface area contributed by atoms with Crippen molar-refractivity contribution < 1.29 is 4.39 Å². The molecule has 1 aromatic carbocycles. The molecule has 96 valence electrons. The maximum Gasteiger partial charge on any atom is 0.201 e. The molecule has 0 aliphatic carbocycles. The van der Waals surface area contributed by atoms with E-state index in [0.717, 1.165) is 16.6 Å². The smallest absolute Gasteiger partial charge is 0.201 e. The van der Waals surface area contributed by atoms with E-state index in [1.165, 1.54) is 12.1 Å². The molecule has 0 saturated carbocycles. The zero-order chi connectivity index (χ0) is 13.4. The highest BCUT2D eigenvalue weighted by Crippen LogP contribution is 2.26. The highest BCUT2D eigenvalue weighted by Gasteiger charge is 2.15. The van der Waals surface area contributed by atoms with Crippen molar-refractivity contribution in [1.82, 2.24) is 14.5 Å². The molecule has 0 aliphatic rings. The van der Waals surface area contributed by atoms with Crippen LogP contribution in [0.3, 0.4) is 0 Å². The first-order valence-electron chi connectivity index (χ1n) is 5.99. The second kappa shape index (κ2) is 4.35. The molecule has 19 heavy (non-hydrogen) atoms. The van der Waals surface area contributed by atoms with E-state index in [1.807, 2.05) is 17.6 Å². The number of imidazole rings is 1. The van der Waals surface area contributed by atoms with Crippen LogP contribution in [0, 0.1) is 5.82 Å². The van der Waals surface area contributed by atoms with E-state index >= 15 is 0 Å². The molecule has 5 heteroatoms. The van der Waals surface area contributed by atoms with Crippen LogP contribution in [0.2, 0.25) is 0 Å². The predicted molar refractivity (Wildman–Crippen MR) is 72.2 cm³/mol. The number of fused-ring (bicyclic) bond motifs is 1. The summed E-state index contributed by atoms with van der Waals surface area (Å²) in [5.74, 6) is 0.184. The molecule has 2 N–H and O–H groups in total. The quantitative estimate of drug-likeness (QED) is 0.767. The number of rotatable bonds is 2. The molecular formula is C14H13FN4. The topological polar surface area (TPSA) is 56.7 Å². The van der Waals surface area contributed by atoms with E-state index < -0.39 is 0 Å². The van der Waals surface area contributed by atoms with Crippen LogP contribution in [0.4, 0.5) is 10.3 Å². The first kappa shape index (κ1) is 11.6.